The number of aliphatic hydroxyl groups is 7. The predicted octanol–water partition coefficient (Wildman–Crippen LogP) is 3.67. The van der Waals surface area contributed by atoms with Gasteiger partial charge in [-0.2, -0.15) is 0 Å². The normalized spacial score (nSPS) is 49.1. The van der Waals surface area contributed by atoms with Crippen LogP contribution in [0.1, 0.15) is 112 Å². The van der Waals surface area contributed by atoms with E-state index < -0.39 is 68.0 Å². The number of rotatable bonds is 12. The van der Waals surface area contributed by atoms with Gasteiger partial charge in [-0.05, 0) is 110 Å². The van der Waals surface area contributed by atoms with E-state index in [0.29, 0.717) is 17.3 Å². The van der Waals surface area contributed by atoms with Gasteiger partial charge < -0.3 is 54.7 Å². The summed E-state index contributed by atoms with van der Waals surface area (Å²) >= 11 is 0. The minimum Gasteiger partial charge on any atom is -0.394 e. The van der Waals surface area contributed by atoms with Crippen LogP contribution in [0.25, 0.3) is 0 Å². The molecule has 0 unspecified atom stereocenters. The first kappa shape index (κ1) is 40.9. The molecule has 0 aromatic heterocycles. The molecule has 300 valence electrons. The van der Waals surface area contributed by atoms with Crippen LogP contribution in [0.2, 0.25) is 0 Å². The molecule has 11 nitrogen and oxygen atoms in total. The molecule has 6 aliphatic rings. The lowest BCUT2D eigenvalue weighted by Crippen LogP contribution is -2.62. The maximum absolute atomic E-state index is 10.9. The predicted molar refractivity (Wildman–Crippen MR) is 193 cm³/mol. The highest BCUT2D eigenvalue weighted by Gasteiger charge is 2.59. The van der Waals surface area contributed by atoms with Gasteiger partial charge in [0, 0.05) is 0 Å². The van der Waals surface area contributed by atoms with Gasteiger partial charge in [-0.15, -0.1) is 0 Å². The Kier molecular flexibility index (Phi) is 12.9. The molecule has 0 aromatic carbocycles. The molecule has 0 amide bonds. The summed E-state index contributed by atoms with van der Waals surface area (Å²) in [5, 5.41) is 72.3. The van der Waals surface area contributed by atoms with E-state index in [0.717, 1.165) is 55.3 Å². The summed E-state index contributed by atoms with van der Waals surface area (Å²) in [6.07, 6.45) is 0.911. The van der Waals surface area contributed by atoms with E-state index in [1.165, 1.54) is 50.5 Å². The first-order valence-corrected chi connectivity index (χ1v) is 20.6. The van der Waals surface area contributed by atoms with E-state index in [9.17, 15) is 35.7 Å². The van der Waals surface area contributed by atoms with Crippen LogP contribution in [0.3, 0.4) is 0 Å². The fourth-order valence-electron chi connectivity index (χ4n) is 12.2. The fraction of sp³-hybridized carbons (Fsp3) is 0.951. The molecule has 11 heteroatoms. The van der Waals surface area contributed by atoms with Gasteiger partial charge in [0.25, 0.3) is 0 Å². The fourth-order valence-corrected chi connectivity index (χ4v) is 12.2. The highest BCUT2D eigenvalue weighted by Crippen LogP contribution is 2.67. The summed E-state index contributed by atoms with van der Waals surface area (Å²) in [7, 11) is 0. The standard InChI is InChI=1S/C41H70O11/c1-7-23(21(2)3)9-8-22(4)27-12-13-28-26-11-10-24-18-25(14-16-40(24,5)29(26)15-17-41(27,28)6)50-39-37(48)35(46)33(44)31(52-39)20-49-38-36(47)34(45)32(43)30(19-42)51-38/h10,21-23,25-39,42-48H,7-9,11-20H2,1-6H3/t22-,23+,25-,26-,27+,28+,29-,30+,31+,32+,33+,34-,35-,36+,37+,38+,39+,40-,41+/m0/s1. The molecule has 52 heavy (non-hydrogen) atoms. The van der Waals surface area contributed by atoms with Gasteiger partial charge in [0.1, 0.15) is 48.8 Å². The Morgan fingerprint density at radius 2 is 1.46 bits per heavy atom. The minimum atomic E-state index is -1.62. The first-order chi connectivity index (χ1) is 24.6. The van der Waals surface area contributed by atoms with Crippen LogP contribution >= 0.6 is 0 Å². The smallest absolute Gasteiger partial charge is 0.186 e. The maximum atomic E-state index is 10.9. The quantitative estimate of drug-likeness (QED) is 0.145. The van der Waals surface area contributed by atoms with Crippen LogP contribution in [-0.2, 0) is 18.9 Å². The second-order valence-corrected chi connectivity index (χ2v) is 18.5. The molecule has 2 heterocycles. The number of fused-ring (bicyclic) bond motifs is 5. The minimum absolute atomic E-state index is 0.114. The Morgan fingerprint density at radius 3 is 2.13 bits per heavy atom. The van der Waals surface area contributed by atoms with Gasteiger partial charge in [-0.25, -0.2) is 0 Å². The van der Waals surface area contributed by atoms with E-state index in [1.54, 1.807) is 0 Å². The molecule has 0 radical (unpaired) electrons. The number of aliphatic hydroxyl groups excluding tert-OH is 7. The number of ether oxygens (including phenoxy) is 4. The van der Waals surface area contributed by atoms with Crippen molar-refractivity contribution in [1.29, 1.82) is 0 Å². The van der Waals surface area contributed by atoms with Crippen molar-refractivity contribution in [2.45, 2.75) is 180 Å². The largest absolute Gasteiger partial charge is 0.394 e. The Morgan fingerprint density at radius 1 is 0.788 bits per heavy atom. The highest BCUT2D eigenvalue weighted by molar-refractivity contribution is 5.25. The Hall–Kier alpha value is -0.700. The van der Waals surface area contributed by atoms with E-state index in [2.05, 4.69) is 47.6 Å². The molecule has 4 aliphatic carbocycles. The van der Waals surface area contributed by atoms with Crippen molar-refractivity contribution in [3.8, 4) is 0 Å². The van der Waals surface area contributed by atoms with Crippen LogP contribution in [0.5, 0.6) is 0 Å². The first-order valence-electron chi connectivity index (χ1n) is 20.6. The molecule has 6 rings (SSSR count). The van der Waals surface area contributed by atoms with E-state index in [4.69, 9.17) is 18.9 Å². The third-order valence-corrected chi connectivity index (χ3v) is 15.5. The summed E-state index contributed by atoms with van der Waals surface area (Å²) in [4.78, 5) is 0. The molecule has 0 bridgehead atoms. The highest BCUT2D eigenvalue weighted by atomic mass is 16.7. The van der Waals surface area contributed by atoms with Crippen LogP contribution in [0, 0.1) is 52.3 Å². The lowest BCUT2D eigenvalue weighted by molar-refractivity contribution is -0.336. The van der Waals surface area contributed by atoms with Gasteiger partial charge in [0.2, 0.25) is 0 Å². The Balaban J connectivity index is 1.06. The van der Waals surface area contributed by atoms with Crippen LogP contribution in [-0.4, -0.2) is 116 Å². The topological polar surface area (TPSA) is 179 Å². The summed E-state index contributed by atoms with van der Waals surface area (Å²) in [6.45, 7) is 13.8. The molecule has 0 aromatic rings. The van der Waals surface area contributed by atoms with Gasteiger partial charge in [-0.1, -0.05) is 66.0 Å². The lowest BCUT2D eigenvalue weighted by Gasteiger charge is -2.58. The van der Waals surface area contributed by atoms with Gasteiger partial charge >= 0.3 is 0 Å². The van der Waals surface area contributed by atoms with Gasteiger partial charge in [-0.3, -0.25) is 0 Å². The molecule has 19 atom stereocenters. The maximum Gasteiger partial charge on any atom is 0.186 e. The van der Waals surface area contributed by atoms with Crippen molar-refractivity contribution in [2.75, 3.05) is 13.2 Å². The lowest BCUT2D eigenvalue weighted by atomic mass is 9.47. The molecule has 3 saturated carbocycles. The number of allylic oxidation sites excluding steroid dienone is 1. The van der Waals surface area contributed by atoms with Crippen molar-refractivity contribution in [2.24, 2.45) is 52.3 Å². The Bertz CT molecular complexity index is 1210. The second-order valence-electron chi connectivity index (χ2n) is 18.5. The molecular weight excluding hydrogens is 668 g/mol. The summed E-state index contributed by atoms with van der Waals surface area (Å²) in [5.41, 5.74) is 1.97. The van der Waals surface area contributed by atoms with Crippen LogP contribution < -0.4 is 0 Å². The average Bonchev–Trinajstić information content (AvgIpc) is 3.48. The van der Waals surface area contributed by atoms with Crippen LogP contribution in [0.4, 0.5) is 0 Å². The molecule has 7 N–H and O–H groups in total. The summed E-state index contributed by atoms with van der Waals surface area (Å²) in [6, 6.07) is 0. The van der Waals surface area contributed by atoms with Crippen LogP contribution in [0.15, 0.2) is 11.6 Å². The molecule has 5 fully saturated rings. The molecular formula is C41H70O11. The van der Waals surface area contributed by atoms with Crippen molar-refractivity contribution >= 4 is 0 Å². The molecule has 2 saturated heterocycles. The number of hydrogen-bond donors (Lipinski definition) is 7. The van der Waals surface area contributed by atoms with Crippen molar-refractivity contribution in [3.05, 3.63) is 11.6 Å². The second kappa shape index (κ2) is 16.4. The third-order valence-electron chi connectivity index (χ3n) is 15.5. The molecule has 0 spiro atoms. The SMILES string of the molecule is CC[C@H](CC[C@H](C)[C@H]1CC[C@@H]2[C@@H]3CC=C4C[C@@H](O[C@@H]5O[C@H](CO[C@@H]6O[C@H](CO)[C@@H](O)[C@H](O)[C@H]6O)[C@@H](O)[C@H](O)[C@H]5O)CC[C@]4(C)[C@H]3CC[C@@]21C)C(C)C. The number of hydrogen-bond acceptors (Lipinski definition) is 11. The van der Waals surface area contributed by atoms with Gasteiger partial charge in [0.05, 0.1) is 19.3 Å². The summed E-state index contributed by atoms with van der Waals surface area (Å²) < 4.78 is 23.3. The van der Waals surface area contributed by atoms with Crippen molar-refractivity contribution < 1.29 is 54.7 Å². The van der Waals surface area contributed by atoms with Gasteiger partial charge in [0.15, 0.2) is 12.6 Å². The van der Waals surface area contributed by atoms with Crippen molar-refractivity contribution in [1.82, 2.24) is 0 Å². The zero-order chi connectivity index (χ0) is 37.7. The zero-order valence-electron chi connectivity index (χ0n) is 32.4. The Labute approximate surface area is 311 Å². The summed E-state index contributed by atoms with van der Waals surface area (Å²) in [5.74, 6) is 5.31. The zero-order valence-corrected chi connectivity index (χ0v) is 32.4. The third kappa shape index (κ3) is 7.57. The van der Waals surface area contributed by atoms with E-state index in [-0.39, 0.29) is 18.1 Å². The molecule has 2 aliphatic heterocycles. The average molecular weight is 739 g/mol. The van der Waals surface area contributed by atoms with Crippen molar-refractivity contribution in [3.63, 3.8) is 0 Å². The van der Waals surface area contributed by atoms with E-state index >= 15 is 0 Å². The monoisotopic (exact) mass is 738 g/mol. The van der Waals surface area contributed by atoms with E-state index in [1.807, 2.05) is 0 Å².